The largest absolute Gasteiger partial charge is 0.344 e. The van der Waals surface area contributed by atoms with Crippen molar-refractivity contribution in [2.75, 3.05) is 18.4 Å². The molecule has 1 atom stereocenters. The lowest BCUT2D eigenvalue weighted by atomic mass is 9.96. The minimum absolute atomic E-state index is 0.185. The Morgan fingerprint density at radius 3 is 2.19 bits per heavy atom. The fraction of sp³-hybridized carbons (Fsp3) is 0.259. The first-order chi connectivity index (χ1) is 17.7. The topological polar surface area (TPSA) is 95.6 Å². The number of carbonyl (C=O) groups is 2. The van der Waals surface area contributed by atoms with Gasteiger partial charge in [-0.3, -0.25) is 9.59 Å². The van der Waals surface area contributed by atoms with Crippen molar-refractivity contribution in [3.05, 3.63) is 93.4 Å². The number of halogens is 2. The van der Waals surface area contributed by atoms with E-state index in [0.717, 1.165) is 5.56 Å². The van der Waals surface area contributed by atoms with Gasteiger partial charge in [0.25, 0.3) is 0 Å². The summed E-state index contributed by atoms with van der Waals surface area (Å²) in [4.78, 5) is 26.5. The molecular weight excluding hydrogens is 622 g/mol. The first kappa shape index (κ1) is 27.5. The van der Waals surface area contributed by atoms with Gasteiger partial charge in [0.05, 0.1) is 4.90 Å². The maximum Gasteiger partial charge on any atom is 0.247 e. The number of nitrogens with zero attached hydrogens (tertiary/aromatic N) is 1. The summed E-state index contributed by atoms with van der Waals surface area (Å²) < 4.78 is 29.0. The number of rotatable bonds is 8. The van der Waals surface area contributed by atoms with Crippen LogP contribution in [0, 0.1) is 5.92 Å². The van der Waals surface area contributed by atoms with Gasteiger partial charge in [0.1, 0.15) is 6.04 Å². The lowest BCUT2D eigenvalue weighted by Crippen LogP contribution is -2.49. The van der Waals surface area contributed by atoms with E-state index in [1.54, 1.807) is 30.3 Å². The van der Waals surface area contributed by atoms with Gasteiger partial charge in [-0.05, 0) is 64.7 Å². The molecule has 1 fully saturated rings. The Kier molecular flexibility index (Phi) is 9.17. The highest BCUT2D eigenvalue weighted by molar-refractivity contribution is 9.11. The average Bonchev–Trinajstić information content (AvgIpc) is 2.90. The molecule has 2 amide bonds. The van der Waals surface area contributed by atoms with Crippen LogP contribution >= 0.6 is 31.9 Å². The number of carbonyl (C=O) groups excluding carboxylic acids is 2. The molecule has 194 valence electrons. The van der Waals surface area contributed by atoms with Crippen LogP contribution < -0.4 is 10.6 Å². The fourth-order valence-electron chi connectivity index (χ4n) is 4.27. The Balaban J connectivity index is 1.42. The standard InChI is InChI=1S/C27H27Br2N3O4S/c28-21-11-12-23(29)25(18-21)37(35,36)32-15-13-20(14-16-32)26(33)31-24(17-19-7-3-1-4-8-19)27(34)30-22-9-5-2-6-10-22/h1-12,18,20,24H,13-17H2,(H,30,34)(H,31,33)/t24-/m1/s1. The van der Waals surface area contributed by atoms with E-state index in [-0.39, 0.29) is 35.7 Å². The maximum atomic E-state index is 13.2. The zero-order valence-corrected chi connectivity index (χ0v) is 23.9. The Morgan fingerprint density at radius 1 is 0.919 bits per heavy atom. The monoisotopic (exact) mass is 647 g/mol. The number of sulfonamides is 1. The summed E-state index contributed by atoms with van der Waals surface area (Å²) in [5, 5.41) is 5.80. The summed E-state index contributed by atoms with van der Waals surface area (Å²) in [5.74, 6) is -0.937. The van der Waals surface area contributed by atoms with Crippen LogP contribution in [0.1, 0.15) is 18.4 Å². The van der Waals surface area contributed by atoms with E-state index in [9.17, 15) is 18.0 Å². The number of nitrogens with one attached hydrogen (secondary N) is 2. The third kappa shape index (κ3) is 7.07. The number of amides is 2. The van der Waals surface area contributed by atoms with Crippen molar-refractivity contribution in [1.29, 1.82) is 0 Å². The molecule has 3 aromatic carbocycles. The molecule has 4 rings (SSSR count). The molecule has 0 unspecified atom stereocenters. The van der Waals surface area contributed by atoms with Crippen molar-refractivity contribution in [2.24, 2.45) is 5.92 Å². The number of piperidine rings is 1. The van der Waals surface area contributed by atoms with Gasteiger partial charge in [-0.25, -0.2) is 8.42 Å². The van der Waals surface area contributed by atoms with E-state index >= 15 is 0 Å². The fourth-order valence-corrected chi connectivity index (χ4v) is 7.20. The molecule has 0 saturated carbocycles. The lowest BCUT2D eigenvalue weighted by molar-refractivity contribution is -0.130. The summed E-state index contributed by atoms with van der Waals surface area (Å²) in [5.41, 5.74) is 1.58. The molecule has 1 saturated heterocycles. The lowest BCUT2D eigenvalue weighted by Gasteiger charge is -2.31. The minimum atomic E-state index is -3.72. The third-order valence-corrected chi connectivity index (χ3v) is 9.68. The number of hydrogen-bond acceptors (Lipinski definition) is 4. The highest BCUT2D eigenvalue weighted by atomic mass is 79.9. The maximum absolute atomic E-state index is 13.2. The van der Waals surface area contributed by atoms with Gasteiger partial charge >= 0.3 is 0 Å². The van der Waals surface area contributed by atoms with Gasteiger partial charge in [0, 0.05) is 40.1 Å². The molecule has 1 aliphatic rings. The molecule has 0 aliphatic carbocycles. The number of benzene rings is 3. The first-order valence-electron chi connectivity index (χ1n) is 11.9. The van der Waals surface area contributed by atoms with E-state index in [0.29, 0.717) is 33.9 Å². The predicted octanol–water partition coefficient (Wildman–Crippen LogP) is 4.98. The summed E-state index contributed by atoms with van der Waals surface area (Å²) in [6, 6.07) is 22.9. The van der Waals surface area contributed by atoms with E-state index in [4.69, 9.17) is 0 Å². The minimum Gasteiger partial charge on any atom is -0.344 e. The Morgan fingerprint density at radius 2 is 1.54 bits per heavy atom. The molecule has 10 heteroatoms. The summed E-state index contributed by atoms with van der Waals surface area (Å²) >= 11 is 6.66. The molecule has 0 aromatic heterocycles. The SMILES string of the molecule is O=C(N[C@H](Cc1ccccc1)C(=O)Nc1ccccc1)C1CCN(S(=O)(=O)c2cc(Br)ccc2Br)CC1. The van der Waals surface area contributed by atoms with Crippen molar-refractivity contribution in [3.8, 4) is 0 Å². The molecule has 3 aromatic rings. The second-order valence-electron chi connectivity index (χ2n) is 8.86. The van der Waals surface area contributed by atoms with Crippen molar-refractivity contribution in [3.63, 3.8) is 0 Å². The van der Waals surface area contributed by atoms with Crippen LogP contribution in [0.5, 0.6) is 0 Å². The van der Waals surface area contributed by atoms with Crippen molar-refractivity contribution in [1.82, 2.24) is 9.62 Å². The van der Waals surface area contributed by atoms with E-state index in [2.05, 4.69) is 42.5 Å². The smallest absolute Gasteiger partial charge is 0.247 e. The molecule has 7 nitrogen and oxygen atoms in total. The number of anilines is 1. The van der Waals surface area contributed by atoms with E-state index < -0.39 is 16.1 Å². The van der Waals surface area contributed by atoms with E-state index in [1.807, 2.05) is 48.5 Å². The van der Waals surface area contributed by atoms with Crippen LogP contribution in [0.15, 0.2) is 92.7 Å². The molecule has 2 N–H and O–H groups in total. The van der Waals surface area contributed by atoms with Gasteiger partial charge in [-0.15, -0.1) is 0 Å². The Bertz CT molecular complexity index is 1350. The van der Waals surface area contributed by atoms with Gasteiger partial charge in [0.15, 0.2) is 0 Å². The van der Waals surface area contributed by atoms with Crippen LogP contribution in [0.4, 0.5) is 5.69 Å². The van der Waals surface area contributed by atoms with Gasteiger partial charge in [-0.2, -0.15) is 4.31 Å². The highest BCUT2D eigenvalue weighted by Gasteiger charge is 2.34. The van der Waals surface area contributed by atoms with Gasteiger partial charge in [0.2, 0.25) is 21.8 Å². The quantitative estimate of drug-likeness (QED) is 0.360. The number of hydrogen-bond donors (Lipinski definition) is 2. The molecule has 1 aliphatic heterocycles. The molecular formula is C27H27Br2N3O4S. The summed E-state index contributed by atoms with van der Waals surface area (Å²) in [7, 11) is -3.72. The summed E-state index contributed by atoms with van der Waals surface area (Å²) in [6.45, 7) is 0.442. The molecule has 0 bridgehead atoms. The second-order valence-corrected chi connectivity index (χ2v) is 12.5. The normalized spacial score (nSPS) is 15.6. The Labute approximate surface area is 234 Å². The first-order valence-corrected chi connectivity index (χ1v) is 14.9. The Hall–Kier alpha value is -2.53. The third-order valence-electron chi connectivity index (χ3n) is 6.29. The zero-order valence-electron chi connectivity index (χ0n) is 19.9. The van der Waals surface area contributed by atoms with Gasteiger partial charge < -0.3 is 10.6 Å². The molecule has 0 spiro atoms. The van der Waals surface area contributed by atoms with Crippen LogP contribution in [-0.4, -0.2) is 43.7 Å². The zero-order chi connectivity index (χ0) is 26.4. The summed E-state index contributed by atoms with van der Waals surface area (Å²) in [6.07, 6.45) is 1.08. The van der Waals surface area contributed by atoms with E-state index in [1.165, 1.54) is 4.31 Å². The van der Waals surface area contributed by atoms with Crippen molar-refractivity contribution < 1.29 is 18.0 Å². The van der Waals surface area contributed by atoms with Crippen LogP contribution in [0.25, 0.3) is 0 Å². The highest BCUT2D eigenvalue weighted by Crippen LogP contribution is 2.30. The molecule has 37 heavy (non-hydrogen) atoms. The number of para-hydroxylation sites is 1. The molecule has 0 radical (unpaired) electrons. The average molecular weight is 649 g/mol. The molecule has 1 heterocycles. The van der Waals surface area contributed by atoms with Gasteiger partial charge in [-0.1, -0.05) is 64.5 Å². The van der Waals surface area contributed by atoms with Crippen LogP contribution in [0.2, 0.25) is 0 Å². The predicted molar refractivity (Wildman–Crippen MR) is 150 cm³/mol. The van der Waals surface area contributed by atoms with Crippen LogP contribution in [0.3, 0.4) is 0 Å². The van der Waals surface area contributed by atoms with Crippen LogP contribution in [-0.2, 0) is 26.0 Å². The second kappa shape index (κ2) is 12.3. The van der Waals surface area contributed by atoms with Crippen molar-refractivity contribution >= 4 is 59.4 Å². The van der Waals surface area contributed by atoms with Crippen molar-refractivity contribution in [2.45, 2.75) is 30.2 Å².